The molecule has 90 valence electrons. The van der Waals surface area contributed by atoms with Gasteiger partial charge in [-0.2, -0.15) is 13.2 Å². The van der Waals surface area contributed by atoms with Gasteiger partial charge in [-0.3, -0.25) is 9.69 Å². The summed E-state index contributed by atoms with van der Waals surface area (Å²) in [4.78, 5) is 12.4. The Balaban J connectivity index is 3.88. The van der Waals surface area contributed by atoms with Gasteiger partial charge in [-0.1, -0.05) is 6.92 Å². The lowest BCUT2D eigenvalue weighted by atomic mass is 10.3. The zero-order chi connectivity index (χ0) is 11.9. The standard InChI is InChI=1S/C9H16F3NO2/c1-3-13(6-5-9(10,11)12)7-8(14)15-4-2/h3-7H2,1-2H3. The number of esters is 1. The van der Waals surface area contributed by atoms with E-state index in [-0.39, 0.29) is 19.7 Å². The second kappa shape index (κ2) is 6.66. The number of likely N-dealkylation sites (N-methyl/N-ethyl adjacent to an activating group) is 1. The third kappa shape index (κ3) is 8.23. The zero-order valence-electron chi connectivity index (χ0n) is 8.93. The molecule has 0 fully saturated rings. The van der Waals surface area contributed by atoms with Gasteiger partial charge in [0, 0.05) is 6.54 Å². The van der Waals surface area contributed by atoms with Crippen LogP contribution in [0.2, 0.25) is 0 Å². The molecule has 0 N–H and O–H groups in total. The molecule has 3 nitrogen and oxygen atoms in total. The minimum Gasteiger partial charge on any atom is -0.465 e. The van der Waals surface area contributed by atoms with Crippen molar-refractivity contribution in [3.63, 3.8) is 0 Å². The van der Waals surface area contributed by atoms with E-state index >= 15 is 0 Å². The van der Waals surface area contributed by atoms with Crippen molar-refractivity contribution in [1.29, 1.82) is 0 Å². The first-order chi connectivity index (χ1) is 6.89. The average molecular weight is 227 g/mol. The topological polar surface area (TPSA) is 29.5 Å². The lowest BCUT2D eigenvalue weighted by Gasteiger charge is -2.19. The molecule has 0 amide bonds. The van der Waals surface area contributed by atoms with Crippen LogP contribution in [0.25, 0.3) is 0 Å². The molecular weight excluding hydrogens is 211 g/mol. The number of hydrogen-bond acceptors (Lipinski definition) is 3. The quantitative estimate of drug-likeness (QED) is 0.648. The first-order valence-corrected chi connectivity index (χ1v) is 4.83. The Bertz CT molecular complexity index is 194. The van der Waals surface area contributed by atoms with Crippen molar-refractivity contribution >= 4 is 5.97 Å². The molecule has 15 heavy (non-hydrogen) atoms. The molecule has 0 aromatic heterocycles. The van der Waals surface area contributed by atoms with E-state index in [1.807, 2.05) is 0 Å². The van der Waals surface area contributed by atoms with Crippen LogP contribution in [0.15, 0.2) is 0 Å². The number of halogens is 3. The minimum absolute atomic E-state index is 0.0829. The van der Waals surface area contributed by atoms with E-state index in [9.17, 15) is 18.0 Å². The van der Waals surface area contributed by atoms with Crippen molar-refractivity contribution in [3.05, 3.63) is 0 Å². The number of carbonyl (C=O) groups excluding carboxylic acids is 1. The van der Waals surface area contributed by atoms with E-state index in [4.69, 9.17) is 0 Å². The molecular formula is C9H16F3NO2. The Morgan fingerprint density at radius 3 is 2.33 bits per heavy atom. The Kier molecular flexibility index (Phi) is 6.31. The second-order valence-corrected chi connectivity index (χ2v) is 3.04. The van der Waals surface area contributed by atoms with Gasteiger partial charge < -0.3 is 4.74 Å². The van der Waals surface area contributed by atoms with Crippen LogP contribution in [0.1, 0.15) is 20.3 Å². The average Bonchev–Trinajstić information content (AvgIpc) is 2.11. The fourth-order valence-electron chi connectivity index (χ4n) is 1.02. The highest BCUT2D eigenvalue weighted by Crippen LogP contribution is 2.19. The van der Waals surface area contributed by atoms with Crippen LogP contribution in [-0.4, -0.2) is 43.3 Å². The van der Waals surface area contributed by atoms with Crippen LogP contribution in [-0.2, 0) is 9.53 Å². The largest absolute Gasteiger partial charge is 0.465 e. The van der Waals surface area contributed by atoms with Crippen molar-refractivity contribution < 1.29 is 22.7 Å². The molecule has 0 aliphatic heterocycles. The summed E-state index contributed by atoms with van der Waals surface area (Å²) in [5, 5.41) is 0. The van der Waals surface area contributed by atoms with Gasteiger partial charge in [-0.05, 0) is 13.5 Å². The monoisotopic (exact) mass is 227 g/mol. The number of carbonyl (C=O) groups is 1. The van der Waals surface area contributed by atoms with E-state index in [0.29, 0.717) is 6.54 Å². The molecule has 0 saturated carbocycles. The van der Waals surface area contributed by atoms with Gasteiger partial charge in [0.25, 0.3) is 0 Å². The summed E-state index contributed by atoms with van der Waals surface area (Å²) in [5.74, 6) is -0.485. The Labute approximate surface area is 87.2 Å². The summed E-state index contributed by atoms with van der Waals surface area (Å²) in [7, 11) is 0. The van der Waals surface area contributed by atoms with Crippen molar-refractivity contribution in [2.75, 3.05) is 26.2 Å². The molecule has 6 heteroatoms. The summed E-state index contributed by atoms with van der Waals surface area (Å²) >= 11 is 0. The summed E-state index contributed by atoms with van der Waals surface area (Å²) in [6.07, 6.45) is -5.08. The maximum atomic E-state index is 11.9. The molecule has 0 saturated heterocycles. The molecule has 0 radical (unpaired) electrons. The lowest BCUT2D eigenvalue weighted by molar-refractivity contribution is -0.149. The summed E-state index contributed by atoms with van der Waals surface area (Å²) in [6.45, 7) is 3.75. The molecule has 0 spiro atoms. The van der Waals surface area contributed by atoms with Crippen molar-refractivity contribution in [2.24, 2.45) is 0 Å². The lowest BCUT2D eigenvalue weighted by Crippen LogP contribution is -2.33. The van der Waals surface area contributed by atoms with E-state index in [0.717, 1.165) is 0 Å². The highest BCUT2D eigenvalue weighted by atomic mass is 19.4. The van der Waals surface area contributed by atoms with Crippen LogP contribution >= 0.6 is 0 Å². The number of alkyl halides is 3. The summed E-state index contributed by atoms with van der Waals surface area (Å²) < 4.78 is 40.3. The van der Waals surface area contributed by atoms with Gasteiger partial charge >= 0.3 is 12.1 Å². The smallest absolute Gasteiger partial charge is 0.390 e. The SMILES string of the molecule is CCOC(=O)CN(CC)CCC(F)(F)F. The maximum Gasteiger partial charge on any atom is 0.390 e. The first kappa shape index (κ1) is 14.2. The van der Waals surface area contributed by atoms with Crippen LogP contribution in [0.5, 0.6) is 0 Å². The number of rotatable bonds is 6. The number of ether oxygens (including phenoxy) is 1. The van der Waals surface area contributed by atoms with Crippen molar-refractivity contribution in [1.82, 2.24) is 4.90 Å². The molecule has 0 aromatic carbocycles. The summed E-state index contributed by atoms with van der Waals surface area (Å²) in [6, 6.07) is 0. The molecule has 0 aliphatic carbocycles. The van der Waals surface area contributed by atoms with E-state index in [1.54, 1.807) is 13.8 Å². The molecule has 0 unspecified atom stereocenters. The predicted octanol–water partition coefficient (Wildman–Crippen LogP) is 1.82. The van der Waals surface area contributed by atoms with Crippen molar-refractivity contribution in [3.8, 4) is 0 Å². The molecule has 0 rings (SSSR count). The highest BCUT2D eigenvalue weighted by molar-refractivity contribution is 5.71. The first-order valence-electron chi connectivity index (χ1n) is 4.83. The zero-order valence-corrected chi connectivity index (χ0v) is 8.93. The molecule has 0 aliphatic rings. The van der Waals surface area contributed by atoms with E-state index in [1.165, 1.54) is 4.90 Å². The molecule has 0 heterocycles. The molecule has 0 atom stereocenters. The number of hydrogen-bond donors (Lipinski definition) is 0. The number of nitrogens with zero attached hydrogens (tertiary/aromatic N) is 1. The Hall–Kier alpha value is -0.780. The third-order valence-corrected chi connectivity index (χ3v) is 1.82. The van der Waals surface area contributed by atoms with Crippen LogP contribution in [0.3, 0.4) is 0 Å². The van der Waals surface area contributed by atoms with Crippen molar-refractivity contribution in [2.45, 2.75) is 26.4 Å². The second-order valence-electron chi connectivity index (χ2n) is 3.04. The third-order valence-electron chi connectivity index (χ3n) is 1.82. The predicted molar refractivity (Wildman–Crippen MR) is 49.4 cm³/mol. The molecule has 0 bridgehead atoms. The minimum atomic E-state index is -4.18. The summed E-state index contributed by atoms with van der Waals surface area (Å²) in [5.41, 5.74) is 0. The Morgan fingerprint density at radius 1 is 1.33 bits per heavy atom. The normalized spacial score (nSPS) is 11.9. The van der Waals surface area contributed by atoms with Gasteiger partial charge in [-0.15, -0.1) is 0 Å². The van der Waals surface area contributed by atoms with E-state index in [2.05, 4.69) is 4.74 Å². The highest BCUT2D eigenvalue weighted by Gasteiger charge is 2.27. The van der Waals surface area contributed by atoms with Gasteiger partial charge in [0.15, 0.2) is 0 Å². The van der Waals surface area contributed by atoms with Crippen LogP contribution in [0.4, 0.5) is 13.2 Å². The van der Waals surface area contributed by atoms with Gasteiger partial charge in [0.2, 0.25) is 0 Å². The van der Waals surface area contributed by atoms with Gasteiger partial charge in [-0.25, -0.2) is 0 Å². The van der Waals surface area contributed by atoms with E-state index < -0.39 is 18.6 Å². The molecule has 0 aromatic rings. The fourth-order valence-corrected chi connectivity index (χ4v) is 1.02. The Morgan fingerprint density at radius 2 is 1.93 bits per heavy atom. The maximum absolute atomic E-state index is 11.9. The van der Waals surface area contributed by atoms with Gasteiger partial charge in [0.05, 0.1) is 19.6 Å². The van der Waals surface area contributed by atoms with Gasteiger partial charge in [0.1, 0.15) is 0 Å². The van der Waals surface area contributed by atoms with Crippen LogP contribution in [0, 0.1) is 0 Å². The van der Waals surface area contributed by atoms with Crippen LogP contribution < -0.4 is 0 Å². The fraction of sp³-hybridized carbons (Fsp3) is 0.889.